The lowest BCUT2D eigenvalue weighted by Crippen LogP contribution is -2.35. The van der Waals surface area contributed by atoms with Gasteiger partial charge in [0, 0.05) is 31.9 Å². The Kier molecular flexibility index (Phi) is 8.50. The smallest absolute Gasteiger partial charge is 0.433 e. The molecular weight excluding hydrogens is 542 g/mol. The van der Waals surface area contributed by atoms with Crippen LogP contribution in [0.4, 0.5) is 13.2 Å². The zero-order valence-corrected chi connectivity index (χ0v) is 21.5. The fraction of sp³-hybridized carbons (Fsp3) is 0.259. The Morgan fingerprint density at radius 3 is 2.32 bits per heavy atom. The van der Waals surface area contributed by atoms with Gasteiger partial charge >= 0.3 is 6.18 Å². The molecule has 38 heavy (non-hydrogen) atoms. The van der Waals surface area contributed by atoms with Crippen molar-refractivity contribution in [3.8, 4) is 11.5 Å². The summed E-state index contributed by atoms with van der Waals surface area (Å²) in [6.45, 7) is 2.55. The Morgan fingerprint density at radius 1 is 1.00 bits per heavy atom. The summed E-state index contributed by atoms with van der Waals surface area (Å²) in [7, 11) is 0. The molecule has 0 bridgehead atoms. The fourth-order valence-corrected chi connectivity index (χ4v) is 4.81. The van der Waals surface area contributed by atoms with E-state index >= 15 is 0 Å². The first-order chi connectivity index (χ1) is 18.1. The van der Waals surface area contributed by atoms with Gasteiger partial charge in [-0.25, -0.2) is 0 Å². The first-order valence-corrected chi connectivity index (χ1v) is 12.5. The van der Waals surface area contributed by atoms with Crippen LogP contribution >= 0.6 is 23.2 Å². The second-order valence-electron chi connectivity index (χ2n) is 8.80. The Morgan fingerprint density at radius 2 is 1.68 bits per heavy atom. The van der Waals surface area contributed by atoms with Crippen molar-refractivity contribution in [3.05, 3.63) is 92.2 Å². The van der Waals surface area contributed by atoms with Crippen LogP contribution in [0.3, 0.4) is 0 Å². The molecule has 0 radical (unpaired) electrons. The number of phenolic OH excluding ortho intramolecular Hbond substituents is 2. The molecule has 5 rings (SSSR count). The highest BCUT2D eigenvalue weighted by Crippen LogP contribution is 2.46. The van der Waals surface area contributed by atoms with E-state index in [9.17, 15) is 28.2 Å². The van der Waals surface area contributed by atoms with Gasteiger partial charge in [-0.15, -0.1) is 0 Å². The number of nitrogens with one attached hydrogen (secondary N) is 1. The number of phenols is 2. The molecule has 1 amide bonds. The summed E-state index contributed by atoms with van der Waals surface area (Å²) in [5.74, 6) is -1.45. The second kappa shape index (κ2) is 11.6. The van der Waals surface area contributed by atoms with Crippen molar-refractivity contribution < 1.29 is 28.2 Å². The Labute approximate surface area is 227 Å². The van der Waals surface area contributed by atoms with Crippen molar-refractivity contribution in [1.29, 1.82) is 0 Å². The Hall–Kier alpha value is -3.27. The van der Waals surface area contributed by atoms with Gasteiger partial charge in [0.2, 0.25) is 5.91 Å². The number of nitrogens with zero attached hydrogens (tertiary/aromatic N) is 2. The molecule has 3 heterocycles. The normalized spacial score (nSPS) is 14.9. The third-order valence-corrected chi connectivity index (χ3v) is 7.14. The minimum absolute atomic E-state index is 0.00429. The van der Waals surface area contributed by atoms with E-state index in [1.165, 1.54) is 40.7 Å². The average molecular weight is 566 g/mol. The molecule has 3 aromatic rings. The third kappa shape index (κ3) is 6.23. The fourth-order valence-electron chi connectivity index (χ4n) is 4.25. The molecule has 0 saturated heterocycles. The highest BCUT2D eigenvalue weighted by Gasteiger charge is 2.32. The van der Waals surface area contributed by atoms with Crippen molar-refractivity contribution >= 4 is 35.2 Å². The largest absolute Gasteiger partial charge is 0.503 e. The van der Waals surface area contributed by atoms with Gasteiger partial charge in [0.05, 0.1) is 10.0 Å². The number of benzene rings is 2. The van der Waals surface area contributed by atoms with E-state index in [1.807, 2.05) is 0 Å². The molecule has 0 unspecified atom stereocenters. The van der Waals surface area contributed by atoms with Gasteiger partial charge in [0.15, 0.2) is 11.5 Å². The van der Waals surface area contributed by atoms with Gasteiger partial charge in [-0.3, -0.25) is 9.78 Å². The lowest BCUT2D eigenvalue weighted by atomic mass is 9.98. The predicted octanol–water partition coefficient (Wildman–Crippen LogP) is 5.75. The number of aromatic nitrogens is 1. The average Bonchev–Trinajstić information content (AvgIpc) is 2.93. The molecule has 0 saturated carbocycles. The predicted molar refractivity (Wildman–Crippen MR) is 139 cm³/mol. The first-order valence-electron chi connectivity index (χ1n) is 11.7. The van der Waals surface area contributed by atoms with Gasteiger partial charge < -0.3 is 20.4 Å². The number of fused-ring (bicyclic) bond motifs is 2. The molecule has 2 aliphatic heterocycles. The van der Waals surface area contributed by atoms with Crippen molar-refractivity contribution in [1.82, 2.24) is 15.2 Å². The van der Waals surface area contributed by atoms with Crippen LogP contribution in [0.2, 0.25) is 10.0 Å². The van der Waals surface area contributed by atoms with Crippen LogP contribution in [0.5, 0.6) is 11.5 Å². The van der Waals surface area contributed by atoms with Crippen LogP contribution in [0, 0.1) is 0 Å². The lowest BCUT2D eigenvalue weighted by Gasteiger charge is -2.30. The molecule has 0 fully saturated rings. The van der Waals surface area contributed by atoms with Gasteiger partial charge in [0.1, 0.15) is 5.69 Å². The topological polar surface area (TPSA) is 85.7 Å². The lowest BCUT2D eigenvalue weighted by molar-refractivity contribution is -0.141. The summed E-state index contributed by atoms with van der Waals surface area (Å²) in [5, 5.41) is 22.9. The number of carbonyl (C=O) groups excluding carboxylic acids is 1. The number of amides is 1. The molecule has 2 aromatic carbocycles. The summed E-state index contributed by atoms with van der Waals surface area (Å²) in [6.07, 6.45) is 0.577. The van der Waals surface area contributed by atoms with E-state index in [2.05, 4.69) is 34.6 Å². The number of rotatable bonds is 2. The van der Waals surface area contributed by atoms with E-state index in [0.717, 1.165) is 25.4 Å². The SMILES string of the molecule is O=C(/C=C/c1ccc(C(F)(F)F)nc1)N1CCc2c(Cl)c(O)c(O)c(Cl)c2C1.c1ccc2c(c1)CCNC2. The summed E-state index contributed by atoms with van der Waals surface area (Å²) in [4.78, 5) is 17.2. The van der Waals surface area contributed by atoms with Crippen LogP contribution in [-0.2, 0) is 36.9 Å². The summed E-state index contributed by atoms with van der Waals surface area (Å²) in [6, 6.07) is 10.7. The number of hydrogen-bond donors (Lipinski definition) is 3. The zero-order chi connectivity index (χ0) is 27.4. The van der Waals surface area contributed by atoms with Gasteiger partial charge in [-0.2, -0.15) is 13.2 Å². The van der Waals surface area contributed by atoms with Crippen molar-refractivity contribution in [3.63, 3.8) is 0 Å². The molecular formula is C27H24Cl2F3N3O3. The van der Waals surface area contributed by atoms with Crippen molar-refractivity contribution in [2.24, 2.45) is 0 Å². The number of halogens is 5. The van der Waals surface area contributed by atoms with Crippen LogP contribution in [0.15, 0.2) is 48.7 Å². The van der Waals surface area contributed by atoms with Gasteiger partial charge in [-0.1, -0.05) is 53.5 Å². The molecule has 1 aromatic heterocycles. The number of hydrogen-bond acceptors (Lipinski definition) is 5. The van der Waals surface area contributed by atoms with E-state index in [4.69, 9.17) is 23.2 Å². The van der Waals surface area contributed by atoms with Crippen LogP contribution < -0.4 is 5.32 Å². The minimum Gasteiger partial charge on any atom is -0.503 e. The third-order valence-electron chi connectivity index (χ3n) is 6.33. The summed E-state index contributed by atoms with van der Waals surface area (Å²) < 4.78 is 37.6. The Balaban J connectivity index is 0.000000278. The summed E-state index contributed by atoms with van der Waals surface area (Å²) >= 11 is 12.1. The quantitative estimate of drug-likeness (QED) is 0.272. The van der Waals surface area contributed by atoms with Gasteiger partial charge in [0.25, 0.3) is 0 Å². The molecule has 2 aliphatic rings. The second-order valence-corrected chi connectivity index (χ2v) is 9.55. The van der Waals surface area contributed by atoms with E-state index in [1.54, 1.807) is 0 Å². The van der Waals surface area contributed by atoms with Crippen molar-refractivity contribution in [2.75, 3.05) is 13.1 Å². The molecule has 11 heteroatoms. The molecule has 0 atom stereocenters. The maximum atomic E-state index is 12.5. The van der Waals surface area contributed by atoms with Crippen LogP contribution in [-0.4, -0.2) is 39.1 Å². The maximum Gasteiger partial charge on any atom is 0.433 e. The van der Waals surface area contributed by atoms with Crippen LogP contribution in [0.25, 0.3) is 6.08 Å². The van der Waals surface area contributed by atoms with Crippen LogP contribution in [0.1, 0.15) is 33.5 Å². The number of alkyl halides is 3. The number of carbonyl (C=O) groups is 1. The molecule has 6 nitrogen and oxygen atoms in total. The monoisotopic (exact) mass is 565 g/mol. The zero-order valence-electron chi connectivity index (χ0n) is 20.0. The highest BCUT2D eigenvalue weighted by molar-refractivity contribution is 6.36. The van der Waals surface area contributed by atoms with E-state index in [-0.39, 0.29) is 16.6 Å². The molecule has 0 aliphatic carbocycles. The highest BCUT2D eigenvalue weighted by atomic mass is 35.5. The van der Waals surface area contributed by atoms with E-state index in [0.29, 0.717) is 29.7 Å². The first kappa shape index (κ1) is 27.8. The number of aromatic hydroxyl groups is 2. The van der Waals surface area contributed by atoms with E-state index < -0.39 is 29.3 Å². The molecule has 200 valence electrons. The number of pyridine rings is 1. The molecule has 3 N–H and O–H groups in total. The maximum absolute atomic E-state index is 12.5. The summed E-state index contributed by atoms with van der Waals surface area (Å²) in [5.41, 5.74) is 3.30. The minimum atomic E-state index is -4.53. The van der Waals surface area contributed by atoms with Crippen molar-refractivity contribution in [2.45, 2.75) is 32.1 Å². The molecule has 0 spiro atoms. The van der Waals surface area contributed by atoms with Gasteiger partial charge in [-0.05, 0) is 59.3 Å². The Bertz CT molecular complexity index is 1340. The standard InChI is InChI=1S/C18H13Cl2F3N2O3.C9H11N/c19-14-10-5-6-25(8-11(10)15(20)17(28)16(14)27)13(26)4-2-9-1-3-12(24-7-9)18(21,22)23;1-2-4-9-7-10-6-5-8(9)3-1/h1-4,7,27-28H,5-6,8H2;1-4,10H,5-7H2/b4-2+;.